The van der Waals surface area contributed by atoms with Crippen molar-refractivity contribution in [1.82, 2.24) is 5.32 Å². The molecule has 0 heterocycles. The predicted molar refractivity (Wildman–Crippen MR) is 62.9 cm³/mol. The molecule has 1 aromatic carbocycles. The van der Waals surface area contributed by atoms with Gasteiger partial charge >= 0.3 is 0 Å². The van der Waals surface area contributed by atoms with E-state index in [1.165, 1.54) is 37.3 Å². The van der Waals surface area contributed by atoms with Crippen LogP contribution in [0.4, 0.5) is 4.39 Å². The van der Waals surface area contributed by atoms with Gasteiger partial charge in [-0.05, 0) is 61.8 Å². The molecular weight excluding hydrogens is 201 g/mol. The smallest absolute Gasteiger partial charge is 0.123 e. The number of hydrogen-bond acceptors (Lipinski definition) is 1. The number of halogens is 1. The second-order valence-electron chi connectivity index (χ2n) is 5.18. The van der Waals surface area contributed by atoms with Crippen LogP contribution in [0.2, 0.25) is 0 Å². The Balaban J connectivity index is 1.61. The molecule has 0 aromatic heterocycles. The fourth-order valence-electron chi connectivity index (χ4n) is 2.59. The molecule has 0 amide bonds. The maximum atomic E-state index is 13.1. The normalized spacial score (nSPS) is 28.8. The van der Waals surface area contributed by atoms with Gasteiger partial charge in [0.15, 0.2) is 0 Å². The molecule has 0 spiro atoms. The van der Waals surface area contributed by atoms with Crippen LogP contribution in [0, 0.1) is 11.7 Å². The van der Waals surface area contributed by atoms with Gasteiger partial charge in [0.05, 0.1) is 0 Å². The minimum Gasteiger partial charge on any atom is -0.314 e. The molecule has 2 saturated carbocycles. The van der Waals surface area contributed by atoms with Crippen molar-refractivity contribution in [3.8, 4) is 0 Å². The van der Waals surface area contributed by atoms with Crippen molar-refractivity contribution in [3.05, 3.63) is 35.6 Å². The summed E-state index contributed by atoms with van der Waals surface area (Å²) in [4.78, 5) is 0. The highest BCUT2D eigenvalue weighted by Crippen LogP contribution is 2.42. The lowest BCUT2D eigenvalue weighted by atomic mass is 9.70. The molecule has 3 rings (SSSR count). The Morgan fingerprint density at radius 3 is 2.69 bits per heavy atom. The number of nitrogens with one attached hydrogen (secondary N) is 1. The summed E-state index contributed by atoms with van der Waals surface area (Å²) in [5.41, 5.74) is 1.19. The first-order valence-electron chi connectivity index (χ1n) is 6.32. The van der Waals surface area contributed by atoms with Crippen LogP contribution < -0.4 is 5.32 Å². The van der Waals surface area contributed by atoms with Crippen LogP contribution in [0.15, 0.2) is 24.3 Å². The standard InChI is InChI=1S/C14H18FN/c15-12-3-1-2-10(8-12)14-7-4-11(14)9-16-13-5-6-13/h1-3,8,11,13-14,16H,4-7,9H2. The van der Waals surface area contributed by atoms with Crippen molar-refractivity contribution in [1.29, 1.82) is 0 Å². The van der Waals surface area contributed by atoms with Crippen LogP contribution in [0.3, 0.4) is 0 Å². The molecule has 1 nitrogen and oxygen atoms in total. The highest BCUT2D eigenvalue weighted by Gasteiger charge is 2.33. The maximum Gasteiger partial charge on any atom is 0.123 e. The maximum absolute atomic E-state index is 13.1. The molecule has 0 saturated heterocycles. The summed E-state index contributed by atoms with van der Waals surface area (Å²) in [7, 11) is 0. The van der Waals surface area contributed by atoms with Crippen LogP contribution >= 0.6 is 0 Å². The van der Waals surface area contributed by atoms with E-state index in [-0.39, 0.29) is 5.82 Å². The van der Waals surface area contributed by atoms with Gasteiger partial charge in [-0.1, -0.05) is 12.1 Å². The van der Waals surface area contributed by atoms with Gasteiger partial charge in [-0.25, -0.2) is 4.39 Å². The lowest BCUT2D eigenvalue weighted by Gasteiger charge is -2.37. The van der Waals surface area contributed by atoms with E-state index >= 15 is 0 Å². The zero-order valence-electron chi connectivity index (χ0n) is 9.45. The van der Waals surface area contributed by atoms with Gasteiger partial charge in [0.2, 0.25) is 0 Å². The molecule has 2 heteroatoms. The molecule has 2 aliphatic rings. The summed E-state index contributed by atoms with van der Waals surface area (Å²) in [6.45, 7) is 1.12. The summed E-state index contributed by atoms with van der Waals surface area (Å²) < 4.78 is 13.1. The molecule has 86 valence electrons. The van der Waals surface area contributed by atoms with E-state index in [0.717, 1.165) is 18.5 Å². The molecule has 2 fully saturated rings. The number of rotatable bonds is 4. The molecular formula is C14H18FN. The fraction of sp³-hybridized carbons (Fsp3) is 0.571. The van der Waals surface area contributed by atoms with Gasteiger partial charge < -0.3 is 5.32 Å². The van der Waals surface area contributed by atoms with Gasteiger partial charge in [-0.3, -0.25) is 0 Å². The summed E-state index contributed by atoms with van der Waals surface area (Å²) in [5.74, 6) is 1.21. The number of hydrogen-bond donors (Lipinski definition) is 1. The van der Waals surface area contributed by atoms with E-state index in [9.17, 15) is 4.39 Å². The average Bonchev–Trinajstić information content (AvgIpc) is 3.00. The molecule has 0 aliphatic heterocycles. The van der Waals surface area contributed by atoms with Gasteiger partial charge in [-0.15, -0.1) is 0 Å². The number of benzene rings is 1. The molecule has 2 atom stereocenters. The van der Waals surface area contributed by atoms with Crippen molar-refractivity contribution in [2.75, 3.05) is 6.54 Å². The van der Waals surface area contributed by atoms with Gasteiger partial charge in [0, 0.05) is 6.04 Å². The first kappa shape index (κ1) is 10.3. The quantitative estimate of drug-likeness (QED) is 0.820. The molecule has 0 radical (unpaired) electrons. The predicted octanol–water partition coefficient (Wildman–Crippen LogP) is 3.07. The summed E-state index contributed by atoms with van der Waals surface area (Å²) in [6, 6.07) is 7.91. The molecule has 2 aliphatic carbocycles. The van der Waals surface area contributed by atoms with E-state index < -0.39 is 0 Å². The largest absolute Gasteiger partial charge is 0.314 e. The minimum atomic E-state index is -0.0988. The molecule has 0 bridgehead atoms. The van der Waals surface area contributed by atoms with Gasteiger partial charge in [0.1, 0.15) is 5.82 Å². The van der Waals surface area contributed by atoms with Crippen molar-refractivity contribution < 1.29 is 4.39 Å². The first-order chi connectivity index (χ1) is 7.83. The minimum absolute atomic E-state index is 0.0988. The van der Waals surface area contributed by atoms with Crippen molar-refractivity contribution in [2.45, 2.75) is 37.6 Å². The van der Waals surface area contributed by atoms with Crippen LogP contribution in [-0.2, 0) is 0 Å². The molecule has 1 aromatic rings. The third kappa shape index (κ3) is 2.12. The zero-order valence-corrected chi connectivity index (χ0v) is 9.45. The SMILES string of the molecule is Fc1cccc(C2CCC2CNC2CC2)c1. The van der Waals surface area contributed by atoms with Crippen LogP contribution in [0.5, 0.6) is 0 Å². The highest BCUT2D eigenvalue weighted by atomic mass is 19.1. The molecule has 1 N–H and O–H groups in total. The van der Waals surface area contributed by atoms with E-state index in [4.69, 9.17) is 0 Å². The molecule has 2 unspecified atom stereocenters. The Bertz CT molecular complexity index is 373. The van der Waals surface area contributed by atoms with Crippen LogP contribution in [0.25, 0.3) is 0 Å². The van der Waals surface area contributed by atoms with E-state index in [1.807, 2.05) is 6.07 Å². The monoisotopic (exact) mass is 219 g/mol. The highest BCUT2D eigenvalue weighted by molar-refractivity contribution is 5.23. The Hall–Kier alpha value is -0.890. The Morgan fingerprint density at radius 1 is 1.19 bits per heavy atom. The Labute approximate surface area is 96.1 Å². The van der Waals surface area contributed by atoms with Crippen molar-refractivity contribution >= 4 is 0 Å². The molecule has 16 heavy (non-hydrogen) atoms. The second kappa shape index (κ2) is 4.17. The summed E-state index contributed by atoms with van der Waals surface area (Å²) in [6.07, 6.45) is 5.20. The van der Waals surface area contributed by atoms with E-state index in [2.05, 4.69) is 11.4 Å². The second-order valence-corrected chi connectivity index (χ2v) is 5.18. The zero-order chi connectivity index (χ0) is 11.0. The van der Waals surface area contributed by atoms with Gasteiger partial charge in [0.25, 0.3) is 0 Å². The van der Waals surface area contributed by atoms with E-state index in [0.29, 0.717) is 5.92 Å². The average molecular weight is 219 g/mol. The topological polar surface area (TPSA) is 12.0 Å². The summed E-state index contributed by atoms with van der Waals surface area (Å²) in [5, 5.41) is 3.58. The van der Waals surface area contributed by atoms with Crippen LogP contribution in [-0.4, -0.2) is 12.6 Å². The van der Waals surface area contributed by atoms with Crippen molar-refractivity contribution in [2.24, 2.45) is 5.92 Å². The fourth-order valence-corrected chi connectivity index (χ4v) is 2.59. The van der Waals surface area contributed by atoms with E-state index in [1.54, 1.807) is 6.07 Å². The Kier molecular flexibility index (Phi) is 2.68. The first-order valence-corrected chi connectivity index (χ1v) is 6.32. The third-order valence-corrected chi connectivity index (χ3v) is 3.94. The van der Waals surface area contributed by atoms with Gasteiger partial charge in [-0.2, -0.15) is 0 Å². The lowest BCUT2D eigenvalue weighted by molar-refractivity contribution is 0.244. The summed E-state index contributed by atoms with van der Waals surface area (Å²) >= 11 is 0. The van der Waals surface area contributed by atoms with Crippen LogP contribution in [0.1, 0.15) is 37.2 Å². The van der Waals surface area contributed by atoms with Crippen molar-refractivity contribution in [3.63, 3.8) is 0 Å². The Morgan fingerprint density at radius 2 is 2.06 bits per heavy atom. The lowest BCUT2D eigenvalue weighted by Crippen LogP contribution is -2.34. The third-order valence-electron chi connectivity index (χ3n) is 3.94.